The summed E-state index contributed by atoms with van der Waals surface area (Å²) in [5.74, 6) is 0.830. The highest BCUT2D eigenvalue weighted by molar-refractivity contribution is 6.30. The van der Waals surface area contributed by atoms with Gasteiger partial charge in [-0.05, 0) is 42.8 Å². The highest BCUT2D eigenvalue weighted by Crippen LogP contribution is 2.26. The first kappa shape index (κ1) is 17.6. The number of amides is 1. The summed E-state index contributed by atoms with van der Waals surface area (Å²) in [6.45, 7) is 5.31. The molecule has 132 valence electrons. The largest absolute Gasteiger partial charge is 0.489 e. The SMILES string of the molecule is CC(=O)N[C@@H](C)c1ccc(O[C@@H]2CCN(c3cccc(Cl)c3)C2)cc1. The molecule has 4 nitrogen and oxygen atoms in total. The third-order valence-electron chi connectivity index (χ3n) is 4.42. The van der Waals surface area contributed by atoms with Gasteiger partial charge in [-0.1, -0.05) is 29.8 Å². The van der Waals surface area contributed by atoms with Gasteiger partial charge in [0.05, 0.1) is 12.6 Å². The van der Waals surface area contributed by atoms with E-state index in [1.54, 1.807) is 0 Å². The summed E-state index contributed by atoms with van der Waals surface area (Å²) in [6.07, 6.45) is 1.15. The fourth-order valence-electron chi connectivity index (χ4n) is 3.15. The summed E-state index contributed by atoms with van der Waals surface area (Å²) in [4.78, 5) is 13.4. The first-order valence-corrected chi connectivity index (χ1v) is 8.93. The third-order valence-corrected chi connectivity index (χ3v) is 4.66. The average Bonchev–Trinajstić information content (AvgIpc) is 3.03. The predicted molar refractivity (Wildman–Crippen MR) is 101 cm³/mol. The molecule has 0 radical (unpaired) electrons. The van der Waals surface area contributed by atoms with Crippen molar-refractivity contribution in [2.45, 2.75) is 32.4 Å². The molecule has 5 heteroatoms. The Balaban J connectivity index is 1.57. The number of hydrogen-bond acceptors (Lipinski definition) is 3. The number of rotatable bonds is 5. The van der Waals surface area contributed by atoms with E-state index in [2.05, 4.69) is 16.3 Å². The standard InChI is InChI=1S/C20H23ClN2O2/c1-14(22-15(2)24)16-6-8-19(9-7-16)25-20-10-11-23(13-20)18-5-3-4-17(21)12-18/h3-9,12,14,20H,10-11,13H2,1-2H3,(H,22,24)/t14-,20+/m0/s1. The number of carbonyl (C=O) groups is 1. The van der Waals surface area contributed by atoms with Crippen molar-refractivity contribution in [1.82, 2.24) is 5.32 Å². The van der Waals surface area contributed by atoms with Crippen LogP contribution in [0.3, 0.4) is 0 Å². The van der Waals surface area contributed by atoms with E-state index in [4.69, 9.17) is 16.3 Å². The van der Waals surface area contributed by atoms with Crippen LogP contribution in [0.5, 0.6) is 5.75 Å². The molecule has 1 N–H and O–H groups in total. The van der Waals surface area contributed by atoms with Crippen molar-refractivity contribution in [3.8, 4) is 5.75 Å². The summed E-state index contributed by atoms with van der Waals surface area (Å²) in [5, 5.41) is 3.64. The molecule has 3 rings (SSSR count). The van der Waals surface area contributed by atoms with Crippen molar-refractivity contribution in [1.29, 1.82) is 0 Å². The minimum Gasteiger partial charge on any atom is -0.489 e. The summed E-state index contributed by atoms with van der Waals surface area (Å²) < 4.78 is 6.11. The second-order valence-electron chi connectivity index (χ2n) is 6.45. The molecule has 1 fully saturated rings. The molecule has 0 aliphatic carbocycles. The molecule has 1 amide bonds. The van der Waals surface area contributed by atoms with E-state index in [-0.39, 0.29) is 18.1 Å². The summed E-state index contributed by atoms with van der Waals surface area (Å²) >= 11 is 6.08. The van der Waals surface area contributed by atoms with Gasteiger partial charge in [0.15, 0.2) is 0 Å². The fourth-order valence-corrected chi connectivity index (χ4v) is 3.33. The number of carbonyl (C=O) groups excluding carboxylic acids is 1. The van der Waals surface area contributed by atoms with Crippen LogP contribution in [0.15, 0.2) is 48.5 Å². The monoisotopic (exact) mass is 358 g/mol. The average molecular weight is 359 g/mol. The van der Waals surface area contributed by atoms with Gasteiger partial charge in [-0.2, -0.15) is 0 Å². The van der Waals surface area contributed by atoms with Gasteiger partial charge in [-0.3, -0.25) is 4.79 Å². The van der Waals surface area contributed by atoms with Crippen LogP contribution in [-0.2, 0) is 4.79 Å². The second kappa shape index (κ2) is 7.79. The lowest BCUT2D eigenvalue weighted by molar-refractivity contribution is -0.119. The molecule has 0 unspecified atom stereocenters. The molecule has 0 saturated carbocycles. The van der Waals surface area contributed by atoms with Crippen molar-refractivity contribution in [3.63, 3.8) is 0 Å². The fraction of sp³-hybridized carbons (Fsp3) is 0.350. The number of benzene rings is 2. The minimum absolute atomic E-state index is 0.00338. The molecule has 1 aliphatic rings. The number of ether oxygens (including phenoxy) is 1. The van der Waals surface area contributed by atoms with E-state index in [0.717, 1.165) is 41.5 Å². The van der Waals surface area contributed by atoms with E-state index in [1.807, 2.05) is 49.4 Å². The van der Waals surface area contributed by atoms with Gasteiger partial charge in [0.1, 0.15) is 11.9 Å². The summed E-state index contributed by atoms with van der Waals surface area (Å²) in [7, 11) is 0. The van der Waals surface area contributed by atoms with Crippen LogP contribution in [-0.4, -0.2) is 25.1 Å². The molecular formula is C20H23ClN2O2. The highest BCUT2D eigenvalue weighted by Gasteiger charge is 2.24. The molecule has 0 aromatic heterocycles. The smallest absolute Gasteiger partial charge is 0.217 e. The Morgan fingerprint density at radius 1 is 1.28 bits per heavy atom. The van der Waals surface area contributed by atoms with E-state index >= 15 is 0 Å². The zero-order valence-corrected chi connectivity index (χ0v) is 15.3. The van der Waals surface area contributed by atoms with Crippen LogP contribution in [0.1, 0.15) is 31.9 Å². The quantitative estimate of drug-likeness (QED) is 0.871. The molecule has 0 spiro atoms. The predicted octanol–water partition coefficient (Wildman–Crippen LogP) is 4.19. The van der Waals surface area contributed by atoms with Crippen molar-refractivity contribution in [2.24, 2.45) is 0 Å². The minimum atomic E-state index is -0.0279. The van der Waals surface area contributed by atoms with E-state index in [9.17, 15) is 4.79 Å². The summed E-state index contributed by atoms with van der Waals surface area (Å²) in [5.41, 5.74) is 2.20. The van der Waals surface area contributed by atoms with Crippen LogP contribution in [0.25, 0.3) is 0 Å². The summed E-state index contributed by atoms with van der Waals surface area (Å²) in [6, 6.07) is 15.9. The molecule has 2 aromatic carbocycles. The second-order valence-corrected chi connectivity index (χ2v) is 6.88. The van der Waals surface area contributed by atoms with Crippen LogP contribution in [0.2, 0.25) is 5.02 Å². The van der Waals surface area contributed by atoms with Gasteiger partial charge < -0.3 is 15.0 Å². The van der Waals surface area contributed by atoms with Gasteiger partial charge in [0.25, 0.3) is 0 Å². The number of nitrogens with one attached hydrogen (secondary N) is 1. The molecule has 1 heterocycles. The molecule has 1 saturated heterocycles. The zero-order chi connectivity index (χ0) is 17.8. The lowest BCUT2D eigenvalue weighted by Crippen LogP contribution is -2.24. The van der Waals surface area contributed by atoms with E-state index in [0.29, 0.717) is 0 Å². The Labute approximate surface area is 153 Å². The molecule has 25 heavy (non-hydrogen) atoms. The topological polar surface area (TPSA) is 41.6 Å². The molecule has 1 aliphatic heterocycles. The Morgan fingerprint density at radius 3 is 2.72 bits per heavy atom. The zero-order valence-electron chi connectivity index (χ0n) is 14.5. The third kappa shape index (κ3) is 4.67. The number of halogens is 1. The van der Waals surface area contributed by atoms with Crippen molar-refractivity contribution < 1.29 is 9.53 Å². The number of hydrogen-bond donors (Lipinski definition) is 1. The maximum Gasteiger partial charge on any atom is 0.217 e. The van der Waals surface area contributed by atoms with Gasteiger partial charge in [-0.25, -0.2) is 0 Å². The number of nitrogens with zero attached hydrogens (tertiary/aromatic N) is 1. The van der Waals surface area contributed by atoms with E-state index in [1.165, 1.54) is 6.92 Å². The van der Waals surface area contributed by atoms with E-state index < -0.39 is 0 Å². The first-order chi connectivity index (χ1) is 12.0. The van der Waals surface area contributed by atoms with Gasteiger partial charge in [0.2, 0.25) is 5.91 Å². The van der Waals surface area contributed by atoms with Gasteiger partial charge in [-0.15, -0.1) is 0 Å². The Hall–Kier alpha value is -2.20. The number of anilines is 1. The normalized spacial score (nSPS) is 18.0. The van der Waals surface area contributed by atoms with Crippen LogP contribution in [0.4, 0.5) is 5.69 Å². The molecule has 0 bridgehead atoms. The van der Waals surface area contributed by atoms with Crippen LogP contribution in [0, 0.1) is 0 Å². The highest BCUT2D eigenvalue weighted by atomic mass is 35.5. The Morgan fingerprint density at radius 2 is 2.04 bits per heavy atom. The Bertz CT molecular complexity index is 733. The lowest BCUT2D eigenvalue weighted by Gasteiger charge is -2.19. The van der Waals surface area contributed by atoms with Gasteiger partial charge in [0, 0.05) is 30.6 Å². The van der Waals surface area contributed by atoms with Crippen molar-refractivity contribution in [3.05, 3.63) is 59.1 Å². The molecule has 2 aromatic rings. The van der Waals surface area contributed by atoms with Crippen LogP contribution < -0.4 is 15.0 Å². The first-order valence-electron chi connectivity index (χ1n) is 8.55. The van der Waals surface area contributed by atoms with Crippen LogP contribution >= 0.6 is 11.6 Å². The molecular weight excluding hydrogens is 336 g/mol. The van der Waals surface area contributed by atoms with Crippen molar-refractivity contribution in [2.75, 3.05) is 18.0 Å². The maximum absolute atomic E-state index is 11.1. The van der Waals surface area contributed by atoms with Gasteiger partial charge >= 0.3 is 0 Å². The van der Waals surface area contributed by atoms with Crippen molar-refractivity contribution >= 4 is 23.2 Å². The maximum atomic E-state index is 11.1. The molecule has 2 atom stereocenters. The lowest BCUT2D eigenvalue weighted by atomic mass is 10.1. The Kier molecular flexibility index (Phi) is 5.49.